The van der Waals surface area contributed by atoms with Crippen LogP contribution in [-0.4, -0.2) is 82.7 Å². The molecule has 46 heavy (non-hydrogen) atoms. The largest absolute Gasteiger partial charge is 0.448 e. The first-order valence-corrected chi connectivity index (χ1v) is 16.6. The zero-order valence-electron chi connectivity index (χ0n) is 24.8. The molecule has 2 N–H and O–H groups in total. The maximum Gasteiger partial charge on any atom is 0.356 e. The number of anilines is 1. The summed E-state index contributed by atoms with van der Waals surface area (Å²) < 4.78 is 11.5. The van der Waals surface area contributed by atoms with Crippen LogP contribution in [0.1, 0.15) is 29.8 Å². The summed E-state index contributed by atoms with van der Waals surface area (Å²) in [6, 6.07) is 17.7. The highest BCUT2D eigenvalue weighted by Crippen LogP contribution is 2.41. The number of methoxy groups -OCH3 is 1. The van der Waals surface area contributed by atoms with Crippen molar-refractivity contribution >= 4 is 69.2 Å². The molecule has 5 rings (SSSR count). The SMILES string of the molecule is CCON=C(C(=O)NC1C(=O)N2C(C(=O)OC(c3ccccc3)c3ccccc3)=C(COC)CS[C@@H]12)c1csc(NC(=O)CCl)n1. The van der Waals surface area contributed by atoms with E-state index in [1.165, 1.54) is 29.2 Å². The molecule has 0 spiro atoms. The van der Waals surface area contributed by atoms with Crippen LogP contribution in [0.4, 0.5) is 5.13 Å². The molecule has 3 heterocycles. The van der Waals surface area contributed by atoms with E-state index >= 15 is 0 Å². The second kappa shape index (κ2) is 15.4. The monoisotopic (exact) mass is 683 g/mol. The first-order chi connectivity index (χ1) is 22.4. The molecule has 2 aliphatic rings. The van der Waals surface area contributed by atoms with Crippen molar-refractivity contribution in [2.75, 3.05) is 37.3 Å². The van der Waals surface area contributed by atoms with Gasteiger partial charge in [-0.2, -0.15) is 0 Å². The number of carbonyl (C=O) groups excluding carboxylic acids is 4. The Morgan fingerprint density at radius 1 is 1.11 bits per heavy atom. The van der Waals surface area contributed by atoms with Crippen LogP contribution < -0.4 is 10.6 Å². The average molecular weight is 684 g/mol. The molecular formula is C31H30ClN5O7S2. The van der Waals surface area contributed by atoms with Gasteiger partial charge in [-0.25, -0.2) is 9.78 Å². The van der Waals surface area contributed by atoms with Crippen molar-refractivity contribution < 1.29 is 33.5 Å². The predicted molar refractivity (Wildman–Crippen MR) is 174 cm³/mol. The van der Waals surface area contributed by atoms with Crippen LogP contribution in [0.3, 0.4) is 0 Å². The van der Waals surface area contributed by atoms with Crippen molar-refractivity contribution in [3.63, 3.8) is 0 Å². The van der Waals surface area contributed by atoms with E-state index in [1.54, 1.807) is 6.92 Å². The lowest BCUT2D eigenvalue weighted by Crippen LogP contribution is -2.71. The summed E-state index contributed by atoms with van der Waals surface area (Å²) >= 11 is 8.02. The number of ether oxygens (including phenoxy) is 2. The van der Waals surface area contributed by atoms with Gasteiger partial charge in [-0.1, -0.05) is 65.8 Å². The van der Waals surface area contributed by atoms with Gasteiger partial charge in [0.05, 0.1) is 6.61 Å². The Morgan fingerprint density at radius 3 is 2.39 bits per heavy atom. The number of fused-ring (bicyclic) bond motifs is 1. The van der Waals surface area contributed by atoms with Crippen molar-refractivity contribution in [3.8, 4) is 0 Å². The van der Waals surface area contributed by atoms with Crippen molar-refractivity contribution in [2.24, 2.45) is 5.16 Å². The number of thioether (sulfide) groups is 1. The standard InChI is InChI=1S/C31H30ClN5O7S2/c1-3-43-36-23(21-17-46-31(33-21)34-22(38)14-32)27(39)35-24-28(40)37-25(20(15-42-2)16-45-29(24)37)30(41)44-26(18-10-6-4-7-11-18)19-12-8-5-9-13-19/h4-13,17,24,26,29H,3,14-16H2,1-2H3,(H,35,39)(H,33,34,38)/t24?,29-/m0/s1. The molecule has 0 aliphatic carbocycles. The summed E-state index contributed by atoms with van der Waals surface area (Å²) in [4.78, 5) is 63.4. The molecular weight excluding hydrogens is 654 g/mol. The summed E-state index contributed by atoms with van der Waals surface area (Å²) in [6.45, 7) is 1.99. The van der Waals surface area contributed by atoms with Crippen LogP contribution in [-0.2, 0) is 33.5 Å². The zero-order valence-corrected chi connectivity index (χ0v) is 27.2. The first-order valence-electron chi connectivity index (χ1n) is 14.1. The van der Waals surface area contributed by atoms with Gasteiger partial charge in [0, 0.05) is 18.2 Å². The Morgan fingerprint density at radius 2 is 1.78 bits per heavy atom. The number of thiazole rings is 1. The number of β-lactam (4-membered cyclic amide) rings is 1. The Hall–Kier alpha value is -4.24. The third kappa shape index (κ3) is 7.25. The number of esters is 1. The highest BCUT2D eigenvalue weighted by Gasteiger charge is 2.55. The van der Waals surface area contributed by atoms with Gasteiger partial charge in [0.1, 0.15) is 35.3 Å². The van der Waals surface area contributed by atoms with E-state index in [9.17, 15) is 19.2 Å². The third-order valence-electron chi connectivity index (χ3n) is 6.89. The molecule has 0 saturated carbocycles. The minimum Gasteiger partial charge on any atom is -0.448 e. The number of oxime groups is 1. The minimum absolute atomic E-state index is 0.0975. The molecule has 1 fully saturated rings. The van der Waals surface area contributed by atoms with E-state index < -0.39 is 41.2 Å². The lowest BCUT2D eigenvalue weighted by Gasteiger charge is -2.49. The molecule has 240 valence electrons. The van der Waals surface area contributed by atoms with Gasteiger partial charge in [-0.05, 0) is 23.6 Å². The van der Waals surface area contributed by atoms with E-state index in [0.29, 0.717) is 11.3 Å². The quantitative estimate of drug-likeness (QED) is 0.0905. The Balaban J connectivity index is 1.36. The van der Waals surface area contributed by atoms with Crippen LogP contribution >= 0.6 is 34.7 Å². The van der Waals surface area contributed by atoms with Gasteiger partial charge in [-0.3, -0.25) is 19.3 Å². The molecule has 3 amide bonds. The maximum absolute atomic E-state index is 13.9. The molecule has 15 heteroatoms. The van der Waals surface area contributed by atoms with E-state index in [0.717, 1.165) is 22.5 Å². The zero-order chi connectivity index (χ0) is 32.6. The number of rotatable bonds is 13. The Labute approximate surface area is 278 Å². The van der Waals surface area contributed by atoms with E-state index in [4.69, 9.17) is 25.9 Å². The van der Waals surface area contributed by atoms with Crippen molar-refractivity contribution in [1.82, 2.24) is 15.2 Å². The number of carbonyl (C=O) groups is 4. The highest BCUT2D eigenvalue weighted by molar-refractivity contribution is 8.00. The molecule has 0 bridgehead atoms. The second-order valence-corrected chi connectivity index (χ2v) is 12.2. The van der Waals surface area contributed by atoms with Gasteiger partial charge >= 0.3 is 5.97 Å². The van der Waals surface area contributed by atoms with Crippen molar-refractivity contribution in [1.29, 1.82) is 0 Å². The number of amides is 3. The summed E-state index contributed by atoms with van der Waals surface area (Å²) in [5, 5.41) is 10.3. The lowest BCUT2D eigenvalue weighted by atomic mass is 10.0. The number of benzene rings is 2. The average Bonchev–Trinajstić information content (AvgIpc) is 3.54. The Bertz CT molecular complexity index is 1610. The molecule has 1 aromatic heterocycles. The van der Waals surface area contributed by atoms with Crippen LogP contribution in [0, 0.1) is 0 Å². The number of nitrogens with one attached hydrogen (secondary N) is 2. The van der Waals surface area contributed by atoms with Gasteiger partial charge in [-0.15, -0.1) is 34.7 Å². The number of hydrogen-bond acceptors (Lipinski definition) is 11. The van der Waals surface area contributed by atoms with Crippen molar-refractivity contribution in [3.05, 3.63) is 94.1 Å². The fourth-order valence-electron chi connectivity index (χ4n) is 4.84. The first kappa shape index (κ1) is 33.1. The number of aromatic nitrogens is 1. The van der Waals surface area contributed by atoms with Gasteiger partial charge in [0.2, 0.25) is 5.91 Å². The number of alkyl halides is 1. The molecule has 1 saturated heterocycles. The summed E-state index contributed by atoms with van der Waals surface area (Å²) in [6.07, 6.45) is -0.722. The Kier molecular flexibility index (Phi) is 11.1. The van der Waals surface area contributed by atoms with Crippen LogP contribution in [0.15, 0.2) is 82.5 Å². The van der Waals surface area contributed by atoms with Gasteiger partial charge in [0.15, 0.2) is 16.9 Å². The number of nitrogens with zero attached hydrogens (tertiary/aromatic N) is 3. The second-order valence-electron chi connectivity index (χ2n) is 9.93. The third-order valence-corrected chi connectivity index (χ3v) is 9.23. The summed E-state index contributed by atoms with van der Waals surface area (Å²) in [5.74, 6) is -2.23. The van der Waals surface area contributed by atoms with Crippen LogP contribution in [0.5, 0.6) is 0 Å². The molecule has 0 radical (unpaired) electrons. The molecule has 3 aromatic rings. The van der Waals surface area contributed by atoms with Crippen LogP contribution in [0.2, 0.25) is 0 Å². The normalized spacial score (nSPS) is 17.7. The number of hydrogen-bond donors (Lipinski definition) is 2. The fraction of sp³-hybridized carbons (Fsp3) is 0.290. The summed E-state index contributed by atoms with van der Waals surface area (Å²) in [5.41, 5.74) is 2.19. The molecule has 2 aliphatic heterocycles. The summed E-state index contributed by atoms with van der Waals surface area (Å²) in [7, 11) is 1.51. The molecule has 12 nitrogen and oxygen atoms in total. The topological polar surface area (TPSA) is 149 Å². The predicted octanol–water partition coefficient (Wildman–Crippen LogP) is 3.69. The molecule has 2 aromatic carbocycles. The van der Waals surface area contributed by atoms with E-state index in [2.05, 4.69) is 20.8 Å². The smallest absolute Gasteiger partial charge is 0.356 e. The number of halogens is 1. The van der Waals surface area contributed by atoms with Gasteiger partial charge in [0.25, 0.3) is 11.8 Å². The van der Waals surface area contributed by atoms with E-state index in [-0.39, 0.29) is 41.3 Å². The molecule has 2 atom stereocenters. The lowest BCUT2D eigenvalue weighted by molar-refractivity contribution is -0.154. The minimum atomic E-state index is -0.968. The fourth-order valence-corrected chi connectivity index (χ4v) is 6.95. The van der Waals surface area contributed by atoms with Gasteiger partial charge < -0.3 is 24.9 Å². The molecule has 1 unspecified atom stereocenters. The maximum atomic E-state index is 13.9. The van der Waals surface area contributed by atoms with Crippen molar-refractivity contribution in [2.45, 2.75) is 24.4 Å². The van der Waals surface area contributed by atoms with Crippen LogP contribution in [0.25, 0.3) is 0 Å². The van der Waals surface area contributed by atoms with E-state index in [1.807, 2.05) is 60.7 Å². The highest BCUT2D eigenvalue weighted by atomic mass is 35.5.